The van der Waals surface area contributed by atoms with Crippen LogP contribution in [-0.2, 0) is 24.4 Å². The van der Waals surface area contributed by atoms with Crippen LogP contribution in [0.3, 0.4) is 0 Å². The highest BCUT2D eigenvalue weighted by atomic mass is 16.6. The highest BCUT2D eigenvalue weighted by Gasteiger charge is 2.23. The molecule has 180 valence electrons. The van der Waals surface area contributed by atoms with Gasteiger partial charge >= 0.3 is 5.69 Å². The Balaban J connectivity index is 1.39. The van der Waals surface area contributed by atoms with Gasteiger partial charge in [-0.3, -0.25) is 14.2 Å². The zero-order valence-corrected chi connectivity index (χ0v) is 19.2. The lowest BCUT2D eigenvalue weighted by Crippen LogP contribution is -2.46. The number of rotatable bonds is 7. The fourth-order valence-corrected chi connectivity index (χ4v) is 4.12. The van der Waals surface area contributed by atoms with Crippen LogP contribution in [-0.4, -0.2) is 43.8 Å². The van der Waals surface area contributed by atoms with Crippen LogP contribution in [0.25, 0.3) is 11.2 Å². The summed E-state index contributed by atoms with van der Waals surface area (Å²) >= 11 is 0. The smallest absolute Gasteiger partial charge is 0.333 e. The van der Waals surface area contributed by atoms with Crippen molar-refractivity contribution in [3.05, 3.63) is 87.3 Å². The van der Waals surface area contributed by atoms with Gasteiger partial charge in [-0.2, -0.15) is 0 Å². The molecule has 35 heavy (non-hydrogen) atoms. The van der Waals surface area contributed by atoms with Crippen molar-refractivity contribution in [3.8, 4) is 11.5 Å². The Morgan fingerprint density at radius 1 is 1.06 bits per heavy atom. The number of amides is 1. The Kier molecular flexibility index (Phi) is 6.09. The molecule has 10 nitrogen and oxygen atoms in total. The van der Waals surface area contributed by atoms with Gasteiger partial charge in [0.2, 0.25) is 5.91 Å². The number of aryl methyl sites for hydroxylation is 1. The molecule has 0 saturated heterocycles. The van der Waals surface area contributed by atoms with Gasteiger partial charge in [0.05, 0.1) is 19.4 Å². The van der Waals surface area contributed by atoms with Crippen LogP contribution in [0.1, 0.15) is 12.5 Å². The van der Waals surface area contributed by atoms with Gasteiger partial charge in [-0.05, 0) is 24.6 Å². The Labute approximate surface area is 200 Å². The summed E-state index contributed by atoms with van der Waals surface area (Å²) in [6.07, 6.45) is 1.15. The van der Waals surface area contributed by atoms with Crippen LogP contribution in [0, 0.1) is 0 Å². The van der Waals surface area contributed by atoms with E-state index >= 15 is 0 Å². The molecule has 1 amide bonds. The van der Waals surface area contributed by atoms with Crippen molar-refractivity contribution in [3.63, 3.8) is 0 Å². The summed E-state index contributed by atoms with van der Waals surface area (Å²) in [5.41, 5.74) is 0.334. The Morgan fingerprint density at radius 2 is 1.80 bits per heavy atom. The number of hydrogen-bond donors (Lipinski definition) is 1. The molecule has 1 aliphatic heterocycles. The molecule has 0 spiro atoms. The standard InChI is InChI=1S/C25H25N5O5/c1-2-28-16-27-23-22(28)24(32)30(25(33)29(23)13-17-8-4-3-5-9-17)14-21(31)26-12-18-15-34-19-10-6-7-11-20(19)35-18/h3-11,16,18H,2,12-15H2,1H3,(H,26,31)/t18-/m0/s1. The number of hydrogen-bond acceptors (Lipinski definition) is 6. The van der Waals surface area contributed by atoms with Gasteiger partial charge in [0, 0.05) is 6.54 Å². The molecule has 0 aliphatic carbocycles. The second-order valence-corrected chi connectivity index (χ2v) is 8.25. The van der Waals surface area contributed by atoms with Crippen molar-refractivity contribution in [2.75, 3.05) is 13.2 Å². The normalized spacial score (nSPS) is 14.7. The molecule has 0 fully saturated rings. The van der Waals surface area contributed by atoms with Crippen LogP contribution in [0.5, 0.6) is 11.5 Å². The first-order valence-corrected chi connectivity index (χ1v) is 11.4. The van der Waals surface area contributed by atoms with Crippen molar-refractivity contribution in [1.29, 1.82) is 0 Å². The topological polar surface area (TPSA) is 109 Å². The maximum atomic E-state index is 13.3. The predicted molar refractivity (Wildman–Crippen MR) is 129 cm³/mol. The van der Waals surface area contributed by atoms with Gasteiger partial charge < -0.3 is 19.4 Å². The maximum absolute atomic E-state index is 13.3. The molecule has 10 heteroatoms. The molecule has 2 aromatic heterocycles. The molecular weight excluding hydrogens is 450 g/mol. The van der Waals surface area contributed by atoms with E-state index in [2.05, 4.69) is 10.3 Å². The number of fused-ring (bicyclic) bond motifs is 2. The molecule has 0 bridgehead atoms. The summed E-state index contributed by atoms with van der Waals surface area (Å²) in [6, 6.07) is 16.7. The first kappa shape index (κ1) is 22.5. The van der Waals surface area contributed by atoms with Crippen LogP contribution in [0.2, 0.25) is 0 Å². The van der Waals surface area contributed by atoms with E-state index in [0.29, 0.717) is 23.7 Å². The average molecular weight is 476 g/mol. The molecule has 3 heterocycles. The van der Waals surface area contributed by atoms with E-state index in [1.165, 1.54) is 10.9 Å². The number of aromatic nitrogens is 4. The van der Waals surface area contributed by atoms with Crippen LogP contribution >= 0.6 is 0 Å². The third-order valence-electron chi connectivity index (χ3n) is 5.90. The van der Waals surface area contributed by atoms with Crippen molar-refractivity contribution in [2.24, 2.45) is 0 Å². The Morgan fingerprint density at radius 3 is 2.57 bits per heavy atom. The maximum Gasteiger partial charge on any atom is 0.333 e. The number of ether oxygens (including phenoxy) is 2. The summed E-state index contributed by atoms with van der Waals surface area (Å²) in [5.74, 6) is 0.789. The second-order valence-electron chi connectivity index (χ2n) is 8.25. The van der Waals surface area contributed by atoms with Crippen LogP contribution < -0.4 is 26.0 Å². The fourth-order valence-electron chi connectivity index (χ4n) is 4.12. The lowest BCUT2D eigenvalue weighted by molar-refractivity contribution is -0.122. The fraction of sp³-hybridized carbons (Fsp3) is 0.280. The van der Waals surface area contributed by atoms with E-state index in [0.717, 1.165) is 10.1 Å². The first-order valence-electron chi connectivity index (χ1n) is 11.4. The van der Waals surface area contributed by atoms with E-state index in [4.69, 9.17) is 9.47 Å². The number of imidazole rings is 1. The molecule has 1 aliphatic rings. The first-order chi connectivity index (χ1) is 17.0. The summed E-state index contributed by atoms with van der Waals surface area (Å²) in [4.78, 5) is 43.7. The largest absolute Gasteiger partial charge is 0.486 e. The second kappa shape index (κ2) is 9.49. The van der Waals surface area contributed by atoms with Gasteiger partial charge in [0.25, 0.3) is 5.56 Å². The summed E-state index contributed by atoms with van der Waals surface area (Å²) in [5, 5.41) is 2.75. The molecule has 4 aromatic rings. The van der Waals surface area contributed by atoms with Crippen molar-refractivity contribution in [1.82, 2.24) is 24.0 Å². The number of carbonyl (C=O) groups is 1. The summed E-state index contributed by atoms with van der Waals surface area (Å²) in [6.45, 7) is 2.65. The van der Waals surface area contributed by atoms with E-state index in [-0.39, 0.29) is 31.3 Å². The minimum absolute atomic E-state index is 0.176. The number of carbonyl (C=O) groups excluding carboxylic acids is 1. The van der Waals surface area contributed by atoms with Gasteiger partial charge in [-0.25, -0.2) is 14.3 Å². The van der Waals surface area contributed by atoms with E-state index in [1.54, 1.807) is 10.6 Å². The molecule has 0 radical (unpaired) electrons. The molecule has 1 atom stereocenters. The highest BCUT2D eigenvalue weighted by Crippen LogP contribution is 2.30. The Bertz CT molecular complexity index is 1490. The van der Waals surface area contributed by atoms with Crippen molar-refractivity contribution < 1.29 is 14.3 Å². The van der Waals surface area contributed by atoms with Crippen molar-refractivity contribution >= 4 is 17.1 Å². The van der Waals surface area contributed by atoms with Gasteiger partial charge in [0.15, 0.2) is 22.7 Å². The van der Waals surface area contributed by atoms with Crippen LogP contribution in [0.15, 0.2) is 70.5 Å². The lowest BCUT2D eigenvalue weighted by Gasteiger charge is -2.26. The molecule has 1 N–H and O–H groups in total. The highest BCUT2D eigenvalue weighted by molar-refractivity contribution is 5.76. The zero-order chi connectivity index (χ0) is 24.4. The molecule has 2 aromatic carbocycles. The monoisotopic (exact) mass is 475 g/mol. The van der Waals surface area contributed by atoms with E-state index < -0.39 is 23.7 Å². The lowest BCUT2D eigenvalue weighted by atomic mass is 10.2. The van der Waals surface area contributed by atoms with Crippen molar-refractivity contribution in [2.45, 2.75) is 32.7 Å². The minimum atomic E-state index is -0.589. The van der Waals surface area contributed by atoms with E-state index in [1.807, 2.05) is 55.5 Å². The molecule has 5 rings (SSSR count). The average Bonchev–Trinajstić information content (AvgIpc) is 3.32. The molecule has 0 saturated carbocycles. The van der Waals surface area contributed by atoms with Gasteiger partial charge in [0.1, 0.15) is 19.3 Å². The Hall–Kier alpha value is -4.34. The SMILES string of the molecule is CCn1cnc2c1c(=O)n(CC(=O)NC[C@H]1COc3ccccc3O1)c(=O)n2Cc1ccccc1. The quantitative estimate of drug-likeness (QED) is 0.433. The summed E-state index contributed by atoms with van der Waals surface area (Å²) in [7, 11) is 0. The van der Waals surface area contributed by atoms with Gasteiger partial charge in [-0.1, -0.05) is 42.5 Å². The van der Waals surface area contributed by atoms with Gasteiger partial charge in [-0.15, -0.1) is 0 Å². The summed E-state index contributed by atoms with van der Waals surface area (Å²) < 4.78 is 15.6. The number of benzene rings is 2. The zero-order valence-electron chi connectivity index (χ0n) is 19.2. The molecular formula is C25H25N5O5. The van der Waals surface area contributed by atoms with Crippen LogP contribution in [0.4, 0.5) is 0 Å². The minimum Gasteiger partial charge on any atom is -0.486 e. The number of nitrogens with zero attached hydrogens (tertiary/aromatic N) is 4. The molecule has 0 unspecified atom stereocenters. The predicted octanol–water partition coefficient (Wildman–Crippen LogP) is 1.38. The van der Waals surface area contributed by atoms with E-state index in [9.17, 15) is 14.4 Å². The number of nitrogens with one attached hydrogen (secondary N) is 1. The third-order valence-corrected chi connectivity index (χ3v) is 5.90. The number of para-hydroxylation sites is 2. The third kappa shape index (κ3) is 4.42.